The molecule has 51 heavy (non-hydrogen) atoms. The molecule has 0 spiro atoms. The first-order valence-electron chi connectivity index (χ1n) is 17.7. The van der Waals surface area contributed by atoms with E-state index in [1.54, 1.807) is 18.9 Å². The standard InChI is InChI=1S/C36H55N7O8/c1-23(2)31(40-35(47)49-5)33(45)39-28(17-25-13-9-7-10-14-25)29(51-30(44)18-27-19-37-22-38-27)21-43(20-26-15-11-8-12-16-26)42-34(46)32(24(3)4)41-36(48)50-6/h7,9-10,13-14,19,22-24,26,28-29,31-32H,8,11-12,15-18,20-21H2,1-6H3,(H,37,38)(H,39,45)(H,40,47)(H,41,48)(H,42,46)/t28-,29-,31-,32-/m0/s1. The van der Waals surface area contributed by atoms with Gasteiger partial charge in [0.05, 0.1) is 39.6 Å². The van der Waals surface area contributed by atoms with Gasteiger partial charge in [-0.1, -0.05) is 77.3 Å². The van der Waals surface area contributed by atoms with Gasteiger partial charge in [0.15, 0.2) is 0 Å². The molecule has 1 saturated carbocycles. The first-order chi connectivity index (χ1) is 24.4. The molecule has 0 saturated heterocycles. The number of aromatic nitrogens is 2. The number of nitrogens with one attached hydrogen (secondary N) is 5. The SMILES string of the molecule is COC(=O)N[C@H](C(=O)N[C@@H](Cc1ccccc1)[C@H](CN(CC1CCCCC1)NC(=O)[C@@H](NC(=O)OC)C(C)C)OC(=O)Cc1cnc[nH]1)C(C)C. The Morgan fingerprint density at radius 2 is 1.47 bits per heavy atom. The van der Waals surface area contributed by atoms with E-state index >= 15 is 0 Å². The van der Waals surface area contributed by atoms with E-state index in [-0.39, 0.29) is 37.1 Å². The minimum Gasteiger partial charge on any atom is -0.458 e. The Morgan fingerprint density at radius 3 is 2.02 bits per heavy atom. The zero-order chi connectivity index (χ0) is 37.3. The number of alkyl carbamates (subject to hydrolysis) is 2. The molecule has 2 aromatic rings. The molecule has 0 bridgehead atoms. The van der Waals surface area contributed by atoms with E-state index in [9.17, 15) is 24.0 Å². The quantitative estimate of drug-likeness (QED) is 0.0870. The number of imidazole rings is 1. The minimum absolute atomic E-state index is 0.00848. The van der Waals surface area contributed by atoms with Gasteiger partial charge in [0, 0.05) is 18.4 Å². The summed E-state index contributed by atoms with van der Waals surface area (Å²) in [4.78, 5) is 72.4. The summed E-state index contributed by atoms with van der Waals surface area (Å²) in [5.41, 5.74) is 4.41. The van der Waals surface area contributed by atoms with E-state index in [1.165, 1.54) is 26.7 Å². The van der Waals surface area contributed by atoms with Crippen LogP contribution < -0.4 is 21.4 Å². The molecule has 15 nitrogen and oxygen atoms in total. The second kappa shape index (κ2) is 20.9. The summed E-state index contributed by atoms with van der Waals surface area (Å²) in [7, 11) is 2.45. The second-order valence-electron chi connectivity index (χ2n) is 13.7. The summed E-state index contributed by atoms with van der Waals surface area (Å²) in [5, 5.41) is 10.0. The van der Waals surface area contributed by atoms with Gasteiger partial charge in [-0.05, 0) is 42.6 Å². The van der Waals surface area contributed by atoms with Gasteiger partial charge in [-0.15, -0.1) is 0 Å². The number of methoxy groups -OCH3 is 2. The molecule has 1 aromatic heterocycles. The van der Waals surface area contributed by atoms with Gasteiger partial charge in [-0.2, -0.15) is 0 Å². The fourth-order valence-electron chi connectivity index (χ4n) is 6.14. The summed E-state index contributed by atoms with van der Waals surface area (Å²) >= 11 is 0. The second-order valence-corrected chi connectivity index (χ2v) is 13.7. The topological polar surface area (TPSA) is 193 Å². The number of hydrogen-bond acceptors (Lipinski definition) is 10. The highest BCUT2D eigenvalue weighted by Gasteiger charge is 2.35. The van der Waals surface area contributed by atoms with Crippen molar-refractivity contribution in [1.29, 1.82) is 0 Å². The van der Waals surface area contributed by atoms with Crippen molar-refractivity contribution in [3.05, 3.63) is 54.1 Å². The molecule has 0 radical (unpaired) electrons. The summed E-state index contributed by atoms with van der Waals surface area (Å²) < 4.78 is 15.7. The van der Waals surface area contributed by atoms with Crippen LogP contribution in [-0.2, 0) is 41.4 Å². The average molecular weight is 714 g/mol. The van der Waals surface area contributed by atoms with E-state index in [0.717, 1.165) is 37.7 Å². The van der Waals surface area contributed by atoms with E-state index in [0.29, 0.717) is 12.2 Å². The van der Waals surface area contributed by atoms with Gasteiger partial charge >= 0.3 is 18.2 Å². The zero-order valence-corrected chi connectivity index (χ0v) is 30.6. The third-order valence-corrected chi connectivity index (χ3v) is 8.94. The lowest BCUT2D eigenvalue weighted by atomic mass is 9.89. The number of benzene rings is 1. The number of ether oxygens (including phenoxy) is 3. The van der Waals surface area contributed by atoms with Crippen LogP contribution in [0.4, 0.5) is 9.59 Å². The number of hydrazine groups is 1. The number of carbonyl (C=O) groups is 5. The lowest BCUT2D eigenvalue weighted by molar-refractivity contribution is -0.153. The molecule has 0 unspecified atom stereocenters. The number of amides is 4. The Bertz CT molecular complexity index is 1380. The van der Waals surface area contributed by atoms with E-state index in [2.05, 4.69) is 31.3 Å². The van der Waals surface area contributed by atoms with Crippen LogP contribution in [0, 0.1) is 17.8 Å². The monoisotopic (exact) mass is 713 g/mol. The first kappa shape index (κ1) is 40.8. The summed E-state index contributed by atoms with van der Waals surface area (Å²) in [6, 6.07) is 6.77. The first-order valence-corrected chi connectivity index (χ1v) is 17.7. The molecule has 1 aromatic carbocycles. The third kappa shape index (κ3) is 13.9. The highest BCUT2D eigenvalue weighted by atomic mass is 16.5. The lowest BCUT2D eigenvalue weighted by Crippen LogP contribution is -2.60. The Labute approximate surface area is 300 Å². The van der Waals surface area contributed by atoms with Crippen molar-refractivity contribution in [2.75, 3.05) is 27.3 Å². The van der Waals surface area contributed by atoms with Crippen LogP contribution >= 0.6 is 0 Å². The van der Waals surface area contributed by atoms with Gasteiger partial charge in [-0.25, -0.2) is 19.6 Å². The zero-order valence-electron chi connectivity index (χ0n) is 30.6. The van der Waals surface area contributed by atoms with Crippen LogP contribution in [0.15, 0.2) is 42.9 Å². The van der Waals surface area contributed by atoms with Crippen molar-refractivity contribution >= 4 is 30.0 Å². The number of esters is 1. The molecular weight excluding hydrogens is 658 g/mol. The van der Waals surface area contributed by atoms with E-state index in [1.807, 2.05) is 44.2 Å². The largest absolute Gasteiger partial charge is 0.458 e. The van der Waals surface area contributed by atoms with E-state index in [4.69, 9.17) is 14.2 Å². The molecule has 0 aliphatic heterocycles. The van der Waals surface area contributed by atoms with E-state index < -0.39 is 54.2 Å². The smallest absolute Gasteiger partial charge is 0.407 e. The maximum atomic E-state index is 13.9. The van der Waals surface area contributed by atoms with Gasteiger partial charge in [0.1, 0.15) is 18.2 Å². The fraction of sp³-hybridized carbons (Fsp3) is 0.611. The Hall–Kier alpha value is -4.66. The molecule has 3 rings (SSSR count). The fourth-order valence-corrected chi connectivity index (χ4v) is 6.14. The molecule has 1 fully saturated rings. The lowest BCUT2D eigenvalue weighted by Gasteiger charge is -2.36. The van der Waals surface area contributed by atoms with Crippen LogP contribution in [0.1, 0.15) is 71.1 Å². The van der Waals surface area contributed by atoms with Gasteiger partial charge in [0.2, 0.25) is 5.91 Å². The minimum atomic E-state index is -0.981. The maximum absolute atomic E-state index is 13.9. The maximum Gasteiger partial charge on any atom is 0.407 e. The predicted octanol–water partition coefficient (Wildman–Crippen LogP) is 3.27. The van der Waals surface area contributed by atoms with Crippen molar-refractivity contribution in [3.63, 3.8) is 0 Å². The van der Waals surface area contributed by atoms with Gasteiger partial charge < -0.3 is 35.1 Å². The van der Waals surface area contributed by atoms with Crippen molar-refractivity contribution in [3.8, 4) is 0 Å². The Balaban J connectivity index is 2.02. The number of nitrogens with zero attached hydrogens (tertiary/aromatic N) is 2. The molecule has 4 amide bonds. The highest BCUT2D eigenvalue weighted by molar-refractivity contribution is 5.86. The van der Waals surface area contributed by atoms with Gasteiger partial charge in [0.25, 0.3) is 5.91 Å². The molecule has 1 aliphatic carbocycles. The van der Waals surface area contributed by atoms with Crippen molar-refractivity contribution < 1.29 is 38.2 Å². The van der Waals surface area contributed by atoms with Crippen molar-refractivity contribution in [1.82, 2.24) is 36.4 Å². The summed E-state index contributed by atoms with van der Waals surface area (Å²) in [5.74, 6) is -1.84. The highest BCUT2D eigenvalue weighted by Crippen LogP contribution is 2.25. The normalized spacial score (nSPS) is 15.7. The number of H-pyrrole nitrogens is 1. The Kier molecular flexibility index (Phi) is 16.7. The molecular formula is C36H55N7O8. The van der Waals surface area contributed by atoms with Crippen molar-refractivity contribution in [2.45, 2.75) is 96.9 Å². The number of aromatic amines is 1. The third-order valence-electron chi connectivity index (χ3n) is 8.94. The molecule has 1 aliphatic rings. The molecule has 5 N–H and O–H groups in total. The molecule has 15 heteroatoms. The summed E-state index contributed by atoms with van der Waals surface area (Å²) in [6.45, 7) is 7.67. The van der Waals surface area contributed by atoms with Crippen LogP contribution in [0.25, 0.3) is 0 Å². The Morgan fingerprint density at radius 1 is 0.863 bits per heavy atom. The van der Waals surface area contributed by atoms with Crippen LogP contribution in [0.5, 0.6) is 0 Å². The van der Waals surface area contributed by atoms with Crippen molar-refractivity contribution in [2.24, 2.45) is 17.8 Å². The van der Waals surface area contributed by atoms with Gasteiger partial charge in [-0.3, -0.25) is 19.8 Å². The van der Waals surface area contributed by atoms with Crippen LogP contribution in [-0.4, -0.2) is 96.5 Å². The molecule has 282 valence electrons. The number of rotatable bonds is 18. The summed E-state index contributed by atoms with van der Waals surface area (Å²) in [6.07, 6.45) is 5.86. The van der Waals surface area contributed by atoms with Crippen LogP contribution in [0.2, 0.25) is 0 Å². The van der Waals surface area contributed by atoms with Crippen LogP contribution in [0.3, 0.4) is 0 Å². The molecule has 1 heterocycles. The number of carbonyl (C=O) groups excluding carboxylic acids is 5. The number of hydrogen-bond donors (Lipinski definition) is 5. The molecule has 4 atom stereocenters. The average Bonchev–Trinajstić information content (AvgIpc) is 3.62. The predicted molar refractivity (Wildman–Crippen MR) is 189 cm³/mol.